The summed E-state index contributed by atoms with van der Waals surface area (Å²) >= 11 is 0. The van der Waals surface area contributed by atoms with Crippen LogP contribution in [0.15, 0.2) is 60.7 Å². The summed E-state index contributed by atoms with van der Waals surface area (Å²) in [5.41, 5.74) is 2.59. The first-order valence-electron chi connectivity index (χ1n) is 8.96. The second-order valence-corrected chi connectivity index (χ2v) is 6.49. The number of methoxy groups -OCH3 is 1. The molecule has 3 aromatic rings. The number of nitrogens with one attached hydrogen (secondary N) is 1. The second kappa shape index (κ2) is 6.71. The fourth-order valence-electron chi connectivity index (χ4n) is 3.73. The smallest absolute Gasteiger partial charge is 0.257 e. The molecule has 4 rings (SSSR count). The van der Waals surface area contributed by atoms with Gasteiger partial charge in [-0.1, -0.05) is 49.4 Å². The molecule has 0 aromatic heterocycles. The lowest BCUT2D eigenvalue weighted by atomic mass is 9.97. The van der Waals surface area contributed by atoms with Gasteiger partial charge < -0.3 is 15.0 Å². The van der Waals surface area contributed by atoms with Crippen LogP contribution < -0.4 is 10.1 Å². The standard InChI is InChI=1S/C22H22N2O2/c1-3-14-24-21(23-18-11-7-6-10-17(18)22(24)25)20-16-9-5-4-8-15(16)12-13-19(20)26-2/h4-13,21,23H,3,14H2,1-2H3. The minimum absolute atomic E-state index is 0.0567. The van der Waals surface area contributed by atoms with E-state index >= 15 is 0 Å². The first-order chi connectivity index (χ1) is 12.7. The maximum atomic E-state index is 13.2. The molecule has 132 valence electrons. The largest absolute Gasteiger partial charge is 0.496 e. The van der Waals surface area contributed by atoms with Crippen LogP contribution in [0, 0.1) is 0 Å². The van der Waals surface area contributed by atoms with Gasteiger partial charge in [-0.05, 0) is 35.4 Å². The van der Waals surface area contributed by atoms with E-state index in [1.165, 1.54) is 0 Å². The minimum Gasteiger partial charge on any atom is -0.496 e. The van der Waals surface area contributed by atoms with Gasteiger partial charge in [-0.2, -0.15) is 0 Å². The van der Waals surface area contributed by atoms with E-state index < -0.39 is 0 Å². The molecule has 1 atom stereocenters. The number of para-hydroxylation sites is 1. The first-order valence-corrected chi connectivity index (χ1v) is 8.96. The summed E-state index contributed by atoms with van der Waals surface area (Å²) in [6, 6.07) is 19.9. The monoisotopic (exact) mass is 346 g/mol. The Morgan fingerprint density at radius 3 is 2.62 bits per heavy atom. The van der Waals surface area contributed by atoms with Crippen molar-refractivity contribution in [3.05, 3.63) is 71.8 Å². The third kappa shape index (κ3) is 2.58. The number of ether oxygens (including phenoxy) is 1. The number of fused-ring (bicyclic) bond motifs is 2. The number of amides is 1. The average molecular weight is 346 g/mol. The van der Waals surface area contributed by atoms with Crippen LogP contribution in [0.1, 0.15) is 35.4 Å². The maximum Gasteiger partial charge on any atom is 0.257 e. The number of nitrogens with zero attached hydrogens (tertiary/aromatic N) is 1. The molecule has 26 heavy (non-hydrogen) atoms. The zero-order valence-electron chi connectivity index (χ0n) is 15.0. The highest BCUT2D eigenvalue weighted by Gasteiger charge is 2.34. The van der Waals surface area contributed by atoms with Crippen molar-refractivity contribution in [2.45, 2.75) is 19.5 Å². The van der Waals surface area contributed by atoms with Gasteiger partial charge in [0.15, 0.2) is 0 Å². The lowest BCUT2D eigenvalue weighted by Crippen LogP contribution is -2.43. The van der Waals surface area contributed by atoms with Gasteiger partial charge in [0.2, 0.25) is 0 Å². The first kappa shape index (κ1) is 16.5. The van der Waals surface area contributed by atoms with E-state index in [0.29, 0.717) is 6.54 Å². The topological polar surface area (TPSA) is 41.6 Å². The highest BCUT2D eigenvalue weighted by Crippen LogP contribution is 2.40. The van der Waals surface area contributed by atoms with Crippen molar-refractivity contribution in [2.75, 3.05) is 19.0 Å². The summed E-state index contributed by atoms with van der Waals surface area (Å²) in [6.07, 6.45) is 0.623. The molecule has 0 radical (unpaired) electrons. The Balaban J connectivity index is 1.94. The fraction of sp³-hybridized carbons (Fsp3) is 0.227. The molecule has 0 saturated carbocycles. The summed E-state index contributed by atoms with van der Waals surface area (Å²) in [6.45, 7) is 2.77. The Morgan fingerprint density at radius 1 is 1.04 bits per heavy atom. The normalized spacial score (nSPS) is 16.3. The van der Waals surface area contributed by atoms with E-state index in [1.54, 1.807) is 7.11 Å². The Morgan fingerprint density at radius 2 is 1.81 bits per heavy atom. The van der Waals surface area contributed by atoms with Crippen LogP contribution in [0.4, 0.5) is 5.69 Å². The molecule has 1 amide bonds. The summed E-state index contributed by atoms with van der Waals surface area (Å²) in [5.74, 6) is 0.843. The molecule has 1 aliphatic rings. The van der Waals surface area contributed by atoms with Gasteiger partial charge in [0.05, 0.1) is 12.7 Å². The van der Waals surface area contributed by atoms with E-state index in [1.807, 2.05) is 47.4 Å². The summed E-state index contributed by atoms with van der Waals surface area (Å²) in [4.78, 5) is 15.1. The third-order valence-electron chi connectivity index (χ3n) is 4.91. The molecule has 0 aliphatic carbocycles. The van der Waals surface area contributed by atoms with Crippen molar-refractivity contribution in [3.63, 3.8) is 0 Å². The molecular formula is C22H22N2O2. The molecule has 1 N–H and O–H groups in total. The van der Waals surface area contributed by atoms with Gasteiger partial charge in [0, 0.05) is 17.8 Å². The lowest BCUT2D eigenvalue weighted by molar-refractivity contribution is 0.0682. The van der Waals surface area contributed by atoms with Crippen LogP contribution in [0.3, 0.4) is 0 Å². The van der Waals surface area contributed by atoms with Crippen LogP contribution in [0.25, 0.3) is 10.8 Å². The summed E-state index contributed by atoms with van der Waals surface area (Å²) < 4.78 is 5.68. The Kier molecular flexibility index (Phi) is 4.25. The van der Waals surface area contributed by atoms with Crippen molar-refractivity contribution >= 4 is 22.4 Å². The fourth-order valence-corrected chi connectivity index (χ4v) is 3.73. The van der Waals surface area contributed by atoms with Crippen molar-refractivity contribution in [2.24, 2.45) is 0 Å². The van der Waals surface area contributed by atoms with Crippen molar-refractivity contribution < 1.29 is 9.53 Å². The molecule has 3 aromatic carbocycles. The molecule has 4 nitrogen and oxygen atoms in total. The molecule has 1 heterocycles. The Bertz CT molecular complexity index is 967. The van der Waals surface area contributed by atoms with Gasteiger partial charge in [-0.25, -0.2) is 0 Å². The Labute approximate surface area is 153 Å². The summed E-state index contributed by atoms with van der Waals surface area (Å²) in [5, 5.41) is 5.80. The SMILES string of the molecule is CCCN1C(=O)c2ccccc2NC1c1c(OC)ccc2ccccc12. The quantitative estimate of drug-likeness (QED) is 0.736. The number of carbonyl (C=O) groups is 1. The number of anilines is 1. The van der Waals surface area contributed by atoms with E-state index in [9.17, 15) is 4.79 Å². The molecule has 0 saturated heterocycles. The van der Waals surface area contributed by atoms with Crippen LogP contribution in [-0.4, -0.2) is 24.5 Å². The highest BCUT2D eigenvalue weighted by atomic mass is 16.5. The second-order valence-electron chi connectivity index (χ2n) is 6.49. The zero-order valence-corrected chi connectivity index (χ0v) is 15.0. The predicted octanol–water partition coefficient (Wildman–Crippen LogP) is 4.82. The number of hydrogen-bond acceptors (Lipinski definition) is 3. The number of hydrogen-bond donors (Lipinski definition) is 1. The lowest BCUT2D eigenvalue weighted by Gasteiger charge is -2.39. The van der Waals surface area contributed by atoms with Gasteiger partial charge in [0.25, 0.3) is 5.91 Å². The van der Waals surface area contributed by atoms with Crippen LogP contribution in [0.5, 0.6) is 5.75 Å². The van der Waals surface area contributed by atoms with E-state index in [-0.39, 0.29) is 12.1 Å². The van der Waals surface area contributed by atoms with Crippen LogP contribution in [0.2, 0.25) is 0 Å². The van der Waals surface area contributed by atoms with Gasteiger partial charge in [-0.3, -0.25) is 4.79 Å². The van der Waals surface area contributed by atoms with Gasteiger partial charge in [0.1, 0.15) is 11.9 Å². The van der Waals surface area contributed by atoms with E-state index in [0.717, 1.165) is 39.8 Å². The molecule has 0 spiro atoms. The molecule has 0 bridgehead atoms. The minimum atomic E-state index is -0.265. The predicted molar refractivity (Wildman–Crippen MR) is 105 cm³/mol. The maximum absolute atomic E-state index is 13.2. The van der Waals surface area contributed by atoms with Crippen molar-refractivity contribution in [1.82, 2.24) is 4.90 Å². The third-order valence-corrected chi connectivity index (χ3v) is 4.91. The van der Waals surface area contributed by atoms with E-state index in [4.69, 9.17) is 4.74 Å². The molecule has 4 heteroatoms. The van der Waals surface area contributed by atoms with Gasteiger partial charge in [-0.15, -0.1) is 0 Å². The number of rotatable bonds is 4. The highest BCUT2D eigenvalue weighted by molar-refractivity contribution is 6.02. The van der Waals surface area contributed by atoms with Crippen molar-refractivity contribution in [3.8, 4) is 5.75 Å². The summed E-state index contributed by atoms with van der Waals surface area (Å²) in [7, 11) is 1.68. The Hall–Kier alpha value is -3.01. The van der Waals surface area contributed by atoms with Gasteiger partial charge >= 0.3 is 0 Å². The number of carbonyl (C=O) groups excluding carboxylic acids is 1. The zero-order chi connectivity index (χ0) is 18.1. The molecule has 0 fully saturated rings. The molecule has 1 aliphatic heterocycles. The van der Waals surface area contributed by atoms with Crippen molar-refractivity contribution in [1.29, 1.82) is 0 Å². The number of benzene rings is 3. The van der Waals surface area contributed by atoms with Crippen LogP contribution >= 0.6 is 0 Å². The van der Waals surface area contributed by atoms with E-state index in [2.05, 4.69) is 30.4 Å². The molecule has 1 unspecified atom stereocenters. The van der Waals surface area contributed by atoms with Crippen LogP contribution in [-0.2, 0) is 0 Å². The molecular weight excluding hydrogens is 324 g/mol. The average Bonchev–Trinajstić information content (AvgIpc) is 2.69.